The highest BCUT2D eigenvalue weighted by atomic mass is 35.5. The van der Waals surface area contributed by atoms with Gasteiger partial charge in [0.15, 0.2) is 11.6 Å². The predicted octanol–water partition coefficient (Wildman–Crippen LogP) is 3.84. The minimum absolute atomic E-state index is 0.0942. The average Bonchev–Trinajstić information content (AvgIpc) is 2.45. The molecule has 0 spiro atoms. The quantitative estimate of drug-likeness (QED) is 0.635. The summed E-state index contributed by atoms with van der Waals surface area (Å²) in [5, 5.41) is 19.9. The van der Waals surface area contributed by atoms with Crippen LogP contribution in [0.2, 0.25) is 5.02 Å². The average molecular weight is 307 g/mol. The maximum absolute atomic E-state index is 13.6. The van der Waals surface area contributed by atoms with Gasteiger partial charge < -0.3 is 4.74 Å². The van der Waals surface area contributed by atoms with Gasteiger partial charge in [-0.05, 0) is 30.3 Å². The molecular formula is C14H8ClFN2O3. The van der Waals surface area contributed by atoms with Gasteiger partial charge in [-0.15, -0.1) is 0 Å². The molecule has 0 radical (unpaired) electrons. The highest BCUT2D eigenvalue weighted by molar-refractivity contribution is 6.30. The van der Waals surface area contributed by atoms with Gasteiger partial charge in [0.1, 0.15) is 6.61 Å². The van der Waals surface area contributed by atoms with Crippen LogP contribution in [0.25, 0.3) is 0 Å². The molecule has 0 aliphatic carbocycles. The Balaban J connectivity index is 2.22. The van der Waals surface area contributed by atoms with E-state index in [1.54, 1.807) is 6.07 Å². The molecule has 0 unspecified atom stereocenters. The number of benzene rings is 2. The van der Waals surface area contributed by atoms with Crippen molar-refractivity contribution in [2.45, 2.75) is 6.61 Å². The predicted molar refractivity (Wildman–Crippen MR) is 73.6 cm³/mol. The van der Waals surface area contributed by atoms with Crippen molar-refractivity contribution in [3.05, 3.63) is 68.5 Å². The van der Waals surface area contributed by atoms with E-state index in [0.29, 0.717) is 5.02 Å². The molecule has 0 bridgehead atoms. The Hall–Kier alpha value is -2.65. The summed E-state index contributed by atoms with van der Waals surface area (Å²) in [6.45, 7) is -0.209. The van der Waals surface area contributed by atoms with Gasteiger partial charge in [-0.2, -0.15) is 5.26 Å². The van der Waals surface area contributed by atoms with Crippen LogP contribution in [-0.2, 0) is 6.61 Å². The fraction of sp³-hybridized carbons (Fsp3) is 0.0714. The summed E-state index contributed by atoms with van der Waals surface area (Å²) in [6.07, 6.45) is 0. The van der Waals surface area contributed by atoms with Crippen LogP contribution in [0.4, 0.5) is 10.1 Å². The van der Waals surface area contributed by atoms with Crippen molar-refractivity contribution in [1.29, 1.82) is 5.26 Å². The van der Waals surface area contributed by atoms with Crippen molar-refractivity contribution in [3.63, 3.8) is 0 Å². The molecule has 5 nitrogen and oxygen atoms in total. The zero-order valence-corrected chi connectivity index (χ0v) is 11.3. The molecule has 2 aromatic rings. The first-order chi connectivity index (χ1) is 10.0. The number of hydrogen-bond acceptors (Lipinski definition) is 4. The van der Waals surface area contributed by atoms with Crippen LogP contribution < -0.4 is 4.74 Å². The molecule has 2 rings (SSSR count). The first-order valence-corrected chi connectivity index (χ1v) is 6.14. The number of nitro groups is 1. The van der Waals surface area contributed by atoms with Crippen LogP contribution in [0.5, 0.6) is 5.75 Å². The summed E-state index contributed by atoms with van der Waals surface area (Å²) < 4.78 is 18.9. The molecule has 0 atom stereocenters. The zero-order chi connectivity index (χ0) is 15.4. The molecular weight excluding hydrogens is 299 g/mol. The minimum atomic E-state index is -0.710. The Morgan fingerprint density at radius 2 is 2.10 bits per heavy atom. The lowest BCUT2D eigenvalue weighted by molar-refractivity contribution is -0.385. The van der Waals surface area contributed by atoms with Crippen molar-refractivity contribution in [2.75, 3.05) is 0 Å². The molecule has 0 amide bonds. The molecule has 0 aliphatic heterocycles. The summed E-state index contributed by atoms with van der Waals surface area (Å²) in [5.41, 5.74) is 0.235. The van der Waals surface area contributed by atoms with Crippen LogP contribution in [0.15, 0.2) is 36.4 Å². The van der Waals surface area contributed by atoms with E-state index in [4.69, 9.17) is 21.6 Å². The van der Waals surface area contributed by atoms with Crippen molar-refractivity contribution in [1.82, 2.24) is 0 Å². The highest BCUT2D eigenvalue weighted by Gasteiger charge is 2.15. The van der Waals surface area contributed by atoms with Crippen LogP contribution in [0.3, 0.4) is 0 Å². The lowest BCUT2D eigenvalue weighted by atomic mass is 10.2. The van der Waals surface area contributed by atoms with Gasteiger partial charge in [0.2, 0.25) is 0 Å². The van der Waals surface area contributed by atoms with Gasteiger partial charge >= 0.3 is 0 Å². The van der Waals surface area contributed by atoms with E-state index in [0.717, 1.165) is 6.07 Å². The smallest absolute Gasteiger partial charge is 0.276 e. The maximum Gasteiger partial charge on any atom is 0.276 e. The second-order valence-corrected chi connectivity index (χ2v) is 4.51. The van der Waals surface area contributed by atoms with E-state index in [1.165, 1.54) is 30.3 Å². The SMILES string of the molecule is N#Cc1ccc(OCc2cc(Cl)ccc2[N+](=O)[O-])c(F)c1. The molecule has 0 saturated carbocycles. The topological polar surface area (TPSA) is 76.2 Å². The van der Waals surface area contributed by atoms with Crippen molar-refractivity contribution >= 4 is 17.3 Å². The highest BCUT2D eigenvalue weighted by Crippen LogP contribution is 2.25. The van der Waals surface area contributed by atoms with Gasteiger partial charge in [0.05, 0.1) is 22.1 Å². The number of nitrogens with zero attached hydrogens (tertiary/aromatic N) is 2. The Morgan fingerprint density at radius 3 is 2.71 bits per heavy atom. The minimum Gasteiger partial charge on any atom is -0.486 e. The fourth-order valence-corrected chi connectivity index (χ4v) is 1.89. The Kier molecular flexibility index (Phi) is 4.36. The summed E-state index contributed by atoms with van der Waals surface area (Å²) in [7, 11) is 0. The largest absolute Gasteiger partial charge is 0.486 e. The number of nitriles is 1. The molecule has 106 valence electrons. The van der Waals surface area contributed by atoms with Crippen molar-refractivity contribution < 1.29 is 14.1 Å². The number of hydrogen-bond donors (Lipinski definition) is 0. The lowest BCUT2D eigenvalue weighted by Crippen LogP contribution is -2.02. The van der Waals surface area contributed by atoms with Gasteiger partial charge in [-0.25, -0.2) is 4.39 Å². The van der Waals surface area contributed by atoms with Crippen molar-refractivity contribution in [3.8, 4) is 11.8 Å². The van der Waals surface area contributed by atoms with Gasteiger partial charge in [0, 0.05) is 11.1 Å². The lowest BCUT2D eigenvalue weighted by Gasteiger charge is -2.08. The molecule has 0 aliphatic rings. The standard InChI is InChI=1S/C14H8ClFN2O3/c15-11-2-3-13(18(19)20)10(6-11)8-21-14-4-1-9(7-17)5-12(14)16/h1-6H,8H2. The summed E-state index contributed by atoms with van der Waals surface area (Å²) >= 11 is 5.79. The first-order valence-electron chi connectivity index (χ1n) is 5.76. The number of rotatable bonds is 4. The van der Waals surface area contributed by atoms with E-state index in [1.807, 2.05) is 0 Å². The molecule has 0 N–H and O–H groups in total. The first kappa shape index (κ1) is 14.8. The van der Waals surface area contributed by atoms with Crippen molar-refractivity contribution in [2.24, 2.45) is 0 Å². The third kappa shape index (κ3) is 3.46. The molecule has 21 heavy (non-hydrogen) atoms. The maximum atomic E-state index is 13.6. The molecule has 2 aromatic carbocycles. The third-order valence-electron chi connectivity index (χ3n) is 2.68. The van der Waals surface area contributed by atoms with E-state index in [9.17, 15) is 14.5 Å². The molecule has 0 heterocycles. The van der Waals surface area contributed by atoms with Gasteiger partial charge in [-0.1, -0.05) is 11.6 Å². The molecule has 7 heteroatoms. The number of halogens is 2. The van der Waals surface area contributed by atoms with E-state index >= 15 is 0 Å². The van der Waals surface area contributed by atoms with Crippen LogP contribution in [0.1, 0.15) is 11.1 Å². The summed E-state index contributed by atoms with van der Waals surface area (Å²) in [6, 6.07) is 9.56. The molecule has 0 aromatic heterocycles. The Morgan fingerprint density at radius 1 is 1.33 bits per heavy atom. The van der Waals surface area contributed by atoms with E-state index < -0.39 is 10.7 Å². The summed E-state index contributed by atoms with van der Waals surface area (Å²) in [4.78, 5) is 10.3. The summed E-state index contributed by atoms with van der Waals surface area (Å²) in [5.74, 6) is -0.804. The third-order valence-corrected chi connectivity index (χ3v) is 2.92. The van der Waals surface area contributed by atoms with Crippen LogP contribution >= 0.6 is 11.6 Å². The monoisotopic (exact) mass is 306 g/mol. The molecule has 0 saturated heterocycles. The number of ether oxygens (including phenoxy) is 1. The second-order valence-electron chi connectivity index (χ2n) is 4.08. The second kappa shape index (κ2) is 6.20. The zero-order valence-electron chi connectivity index (χ0n) is 10.5. The van der Waals surface area contributed by atoms with Gasteiger partial charge in [0.25, 0.3) is 5.69 Å². The van der Waals surface area contributed by atoms with Crippen LogP contribution in [-0.4, -0.2) is 4.92 Å². The van der Waals surface area contributed by atoms with Crippen LogP contribution in [0, 0.1) is 27.3 Å². The Labute approximate surface area is 124 Å². The number of nitro benzene ring substituents is 1. The fourth-order valence-electron chi connectivity index (χ4n) is 1.69. The van der Waals surface area contributed by atoms with Gasteiger partial charge in [-0.3, -0.25) is 10.1 Å². The molecule has 0 fully saturated rings. The Bertz CT molecular complexity index is 743. The van der Waals surface area contributed by atoms with E-state index in [2.05, 4.69) is 0 Å². The normalized spacial score (nSPS) is 9.95. The van der Waals surface area contributed by atoms with E-state index in [-0.39, 0.29) is 29.2 Å².